The van der Waals surface area contributed by atoms with Gasteiger partial charge in [-0.05, 0) is 51.4 Å². The number of allylic oxidation sites excluding steroid dienone is 3. The van der Waals surface area contributed by atoms with Gasteiger partial charge >= 0.3 is 12.1 Å². The fraction of sp³-hybridized carbons (Fsp3) is 0.562. The topological polar surface area (TPSA) is 141 Å². The van der Waals surface area contributed by atoms with Crippen molar-refractivity contribution in [2.45, 2.75) is 88.4 Å². The van der Waals surface area contributed by atoms with E-state index in [4.69, 9.17) is 25.8 Å². The van der Waals surface area contributed by atoms with Crippen LogP contribution in [0.5, 0.6) is 5.75 Å². The van der Waals surface area contributed by atoms with Crippen molar-refractivity contribution in [1.29, 1.82) is 0 Å². The summed E-state index contributed by atoms with van der Waals surface area (Å²) in [6.07, 6.45) is 5.03. The molecule has 12 heteroatoms. The molecule has 242 valence electrons. The van der Waals surface area contributed by atoms with Crippen molar-refractivity contribution in [2.24, 2.45) is 5.92 Å². The molecule has 4 rings (SSSR count). The molecule has 2 fully saturated rings. The minimum absolute atomic E-state index is 0.0268. The molecule has 3 heterocycles. The number of fused-ring (bicyclic) bond motifs is 5. The lowest BCUT2D eigenvalue weighted by atomic mass is 9.73. The summed E-state index contributed by atoms with van der Waals surface area (Å²) in [5.41, 5.74) is -1.21. The van der Waals surface area contributed by atoms with Crippen LogP contribution in [0.3, 0.4) is 0 Å². The van der Waals surface area contributed by atoms with Crippen molar-refractivity contribution in [3.8, 4) is 5.75 Å². The van der Waals surface area contributed by atoms with Crippen LogP contribution >= 0.6 is 11.6 Å². The molecule has 0 aliphatic carbocycles. The molecule has 3 N–H and O–H groups in total. The van der Waals surface area contributed by atoms with Crippen molar-refractivity contribution in [1.82, 2.24) is 10.2 Å². The Morgan fingerprint density at radius 3 is 2.70 bits per heavy atom. The van der Waals surface area contributed by atoms with Gasteiger partial charge in [-0.25, -0.2) is 4.79 Å². The molecule has 2 amide bonds. The first-order valence-corrected chi connectivity index (χ1v) is 15.1. The second-order valence-corrected chi connectivity index (χ2v) is 12.9. The van der Waals surface area contributed by atoms with E-state index in [2.05, 4.69) is 12.4 Å². The molecule has 44 heavy (non-hydrogen) atoms. The number of hydrogen-bond acceptors (Lipinski definition) is 8. The highest BCUT2D eigenvalue weighted by molar-refractivity contribution is 6.35. The van der Waals surface area contributed by atoms with E-state index in [0.717, 1.165) is 11.1 Å². The summed E-state index contributed by atoms with van der Waals surface area (Å²) in [6, 6.07) is 2.68. The number of amides is 2. The third-order valence-electron chi connectivity index (χ3n) is 9.31. The summed E-state index contributed by atoms with van der Waals surface area (Å²) in [5, 5.41) is 24.3. The summed E-state index contributed by atoms with van der Waals surface area (Å²) >= 11 is 6.66. The van der Waals surface area contributed by atoms with Crippen LogP contribution in [0.25, 0.3) is 0 Å². The number of rotatable bonds is 5. The van der Waals surface area contributed by atoms with Gasteiger partial charge in [0.15, 0.2) is 0 Å². The van der Waals surface area contributed by atoms with Gasteiger partial charge in [0, 0.05) is 38.6 Å². The van der Waals surface area contributed by atoms with Crippen LogP contribution in [0, 0.1) is 13.0 Å². The highest BCUT2D eigenvalue weighted by Gasteiger charge is 2.71. The van der Waals surface area contributed by atoms with Crippen LogP contribution in [0.4, 0.5) is 10.5 Å². The van der Waals surface area contributed by atoms with Crippen molar-refractivity contribution < 1.29 is 38.8 Å². The Hall–Kier alpha value is -3.12. The summed E-state index contributed by atoms with van der Waals surface area (Å²) in [7, 11) is 8.55. The quantitative estimate of drug-likeness (QED) is 0.317. The minimum Gasteiger partial charge on any atom is -0.495 e. The molecule has 0 radical (unpaired) electrons. The maximum absolute atomic E-state index is 13.6. The second-order valence-electron chi connectivity index (χ2n) is 12.5. The van der Waals surface area contributed by atoms with E-state index in [1.54, 1.807) is 20.2 Å². The monoisotopic (exact) mass is 632 g/mol. The number of epoxide rings is 1. The van der Waals surface area contributed by atoms with Crippen molar-refractivity contribution >= 4 is 35.3 Å². The minimum atomic E-state index is -1.59. The number of ether oxygens (including phenoxy) is 3. The molecule has 0 aromatic heterocycles. The molecule has 4 bridgehead atoms. The molecule has 1 aromatic rings. The number of aliphatic hydroxyl groups is 1. The molecule has 3 aliphatic rings. The molecule has 0 spiro atoms. The van der Waals surface area contributed by atoms with Crippen molar-refractivity contribution in [3.63, 3.8) is 0 Å². The van der Waals surface area contributed by atoms with Gasteiger partial charge in [0.2, 0.25) is 5.91 Å². The predicted octanol–water partition coefficient (Wildman–Crippen LogP) is 4.46. The Morgan fingerprint density at radius 2 is 2.07 bits per heavy atom. The summed E-state index contributed by atoms with van der Waals surface area (Å²) in [5.74, 6) is -1.39. The largest absolute Gasteiger partial charge is 0.495 e. The number of nitrogens with zero attached hydrogens (tertiary/aromatic N) is 2. The zero-order valence-electron chi connectivity index (χ0n) is 26.2. The number of carboxylic acids is 1. The maximum Gasteiger partial charge on any atom is 0.409 e. The van der Waals surface area contributed by atoms with E-state index in [-0.39, 0.29) is 38.0 Å². The van der Waals surface area contributed by atoms with E-state index in [0.29, 0.717) is 22.9 Å². The van der Waals surface area contributed by atoms with Gasteiger partial charge in [-0.15, -0.1) is 0 Å². The molecule has 11 nitrogen and oxygen atoms in total. The van der Waals surface area contributed by atoms with Crippen LogP contribution in [0.15, 0.2) is 35.9 Å². The van der Waals surface area contributed by atoms with E-state index < -0.39 is 47.1 Å². The maximum atomic E-state index is 13.6. The predicted molar refractivity (Wildman–Crippen MR) is 165 cm³/mol. The molecular formula is C32H43ClN3O8-. The second kappa shape index (κ2) is 12.7. The number of likely N-dealkylation sites (N-methyl/N-ethyl adjacent to an activating group) is 1. The van der Waals surface area contributed by atoms with E-state index >= 15 is 0 Å². The molecule has 6 atom stereocenters. The highest BCUT2D eigenvalue weighted by Crippen LogP contribution is 2.60. The zero-order chi connectivity index (χ0) is 32.6. The molecule has 2 saturated heterocycles. The number of carboxylic acid groups (broad SMARTS) is 1. The Labute approximate surface area is 263 Å². The summed E-state index contributed by atoms with van der Waals surface area (Å²) in [4.78, 5) is 41.4. The van der Waals surface area contributed by atoms with Gasteiger partial charge in [-0.1, -0.05) is 42.3 Å². The van der Waals surface area contributed by atoms with E-state index in [9.17, 15) is 24.6 Å². The molecular weight excluding hydrogens is 590 g/mol. The molecule has 1 aromatic carbocycles. The van der Waals surface area contributed by atoms with Gasteiger partial charge in [0.1, 0.15) is 28.2 Å². The number of carbonyl (C=O) groups excluding carboxylic acids is 2. The van der Waals surface area contributed by atoms with E-state index in [1.165, 1.54) is 16.9 Å². The Kier molecular flexibility index (Phi) is 9.75. The lowest BCUT2D eigenvalue weighted by Gasteiger charge is -2.42. The number of halogens is 1. The average molecular weight is 633 g/mol. The lowest BCUT2D eigenvalue weighted by molar-refractivity contribution is -0.143. The standard InChI is InChI=1S/C32H43ClN3O8/c1-19-10-8-9-12-31(41)18-25(43-29(40)34-31)20(2)32(17-23(28(38)39)35(4)5)30(3,44-32)13-11-26(37)36(6)22-15-21(14-19)16-24(42-7)27(22)33/h8-10,15-16,20,23,25,41H,4,11-14,17-18H2,1-3,5-7H3,(H,34,40)(H,38,39)/q-1/b9-8+,19-10+. The highest BCUT2D eigenvalue weighted by atomic mass is 35.5. The summed E-state index contributed by atoms with van der Waals surface area (Å²) in [6.45, 7) is 5.63. The van der Waals surface area contributed by atoms with Gasteiger partial charge in [-0.2, -0.15) is 0 Å². The summed E-state index contributed by atoms with van der Waals surface area (Å²) < 4.78 is 17.6. The number of carbonyl (C=O) groups is 3. The Morgan fingerprint density at radius 1 is 1.36 bits per heavy atom. The molecule has 3 aliphatic heterocycles. The van der Waals surface area contributed by atoms with Gasteiger partial charge in [-0.3, -0.25) is 22.0 Å². The first kappa shape index (κ1) is 33.8. The fourth-order valence-electron chi connectivity index (χ4n) is 6.53. The SMILES string of the molecule is [CH2-]N(C)C(CC12OC1(C)CCC(=O)N(C)c1cc(cc(OC)c1Cl)C/C(C)=C/C=C/CC1(O)CC(OC(=O)N1)C2C)C(=O)O. The Bertz CT molecular complexity index is 1360. The number of methoxy groups -OCH3 is 1. The smallest absolute Gasteiger partial charge is 0.409 e. The first-order chi connectivity index (χ1) is 20.5. The number of alkyl carbamates (subject to hydrolysis) is 1. The average Bonchev–Trinajstić information content (AvgIpc) is 3.56. The van der Waals surface area contributed by atoms with Gasteiger partial charge in [0.05, 0.1) is 24.4 Å². The van der Waals surface area contributed by atoms with Crippen LogP contribution in [-0.4, -0.2) is 83.4 Å². The third kappa shape index (κ3) is 6.75. The van der Waals surface area contributed by atoms with Crippen LogP contribution < -0.4 is 15.0 Å². The first-order valence-electron chi connectivity index (χ1n) is 14.7. The molecule has 6 unspecified atom stereocenters. The fourth-order valence-corrected chi connectivity index (χ4v) is 6.84. The number of benzene rings is 1. The Balaban J connectivity index is 1.77. The normalized spacial score (nSPS) is 33.8. The lowest BCUT2D eigenvalue weighted by Crippen LogP contribution is -2.59. The van der Waals surface area contributed by atoms with Gasteiger partial charge in [0.25, 0.3) is 0 Å². The number of hydrogen-bond donors (Lipinski definition) is 3. The van der Waals surface area contributed by atoms with Crippen LogP contribution in [0.2, 0.25) is 5.02 Å². The van der Waals surface area contributed by atoms with Gasteiger partial charge < -0.3 is 34.2 Å². The van der Waals surface area contributed by atoms with Crippen LogP contribution in [0.1, 0.15) is 58.4 Å². The van der Waals surface area contributed by atoms with Crippen molar-refractivity contribution in [3.05, 3.63) is 53.6 Å². The van der Waals surface area contributed by atoms with E-state index in [1.807, 2.05) is 45.1 Å². The van der Waals surface area contributed by atoms with Crippen LogP contribution in [-0.2, 0) is 25.5 Å². The number of aliphatic carboxylic acids is 1. The number of nitrogens with one attached hydrogen (secondary N) is 1. The van der Waals surface area contributed by atoms with Crippen molar-refractivity contribution in [2.75, 3.05) is 26.1 Å². The third-order valence-corrected chi connectivity index (χ3v) is 9.69. The zero-order valence-corrected chi connectivity index (χ0v) is 26.9. The number of anilines is 1. The molecule has 0 saturated carbocycles.